The zero-order valence-corrected chi connectivity index (χ0v) is 14.2. The third kappa shape index (κ3) is 4.79. The second kappa shape index (κ2) is 7.42. The van der Waals surface area contributed by atoms with Gasteiger partial charge in [0.25, 0.3) is 0 Å². The molecule has 0 aliphatic heterocycles. The summed E-state index contributed by atoms with van der Waals surface area (Å²) in [5.74, 6) is -1.62. The number of nitrogens with one attached hydrogen (secondary N) is 2. The third-order valence-electron chi connectivity index (χ3n) is 3.34. The zero-order chi connectivity index (χ0) is 19.5. The van der Waals surface area contributed by atoms with Gasteiger partial charge < -0.3 is 5.32 Å². The minimum atomic E-state index is -4.68. The van der Waals surface area contributed by atoms with Crippen LogP contribution >= 0.6 is 0 Å². The van der Waals surface area contributed by atoms with E-state index < -0.39 is 45.2 Å². The Hall–Kier alpha value is -2.46. The quantitative estimate of drug-likeness (QED) is 0.771. The van der Waals surface area contributed by atoms with Gasteiger partial charge in [-0.05, 0) is 43.3 Å². The van der Waals surface area contributed by atoms with Gasteiger partial charge in [0.1, 0.15) is 5.82 Å². The number of hydrogen-bond acceptors (Lipinski definition) is 3. The van der Waals surface area contributed by atoms with Crippen molar-refractivity contribution in [1.82, 2.24) is 4.72 Å². The van der Waals surface area contributed by atoms with Crippen LogP contribution in [-0.4, -0.2) is 20.4 Å². The van der Waals surface area contributed by atoms with Crippen molar-refractivity contribution in [2.45, 2.75) is 24.0 Å². The molecule has 0 aromatic heterocycles. The van der Waals surface area contributed by atoms with E-state index >= 15 is 0 Å². The van der Waals surface area contributed by atoms with Gasteiger partial charge in [-0.25, -0.2) is 12.8 Å². The molecular weight excluding hydrogens is 376 g/mol. The maximum Gasteiger partial charge on any atom is 0.418 e. The van der Waals surface area contributed by atoms with Crippen LogP contribution < -0.4 is 10.0 Å². The molecule has 1 amide bonds. The van der Waals surface area contributed by atoms with E-state index in [0.717, 1.165) is 36.4 Å². The molecule has 1 atom stereocenters. The fourth-order valence-electron chi connectivity index (χ4n) is 2.05. The van der Waals surface area contributed by atoms with Crippen LogP contribution in [0.2, 0.25) is 0 Å². The normalized spacial score (nSPS) is 13.3. The molecule has 2 aromatic carbocycles. The summed E-state index contributed by atoms with van der Waals surface area (Å²) in [7, 11) is -4.15. The summed E-state index contributed by atoms with van der Waals surface area (Å²) < 4.78 is 78.0. The number of halogens is 4. The van der Waals surface area contributed by atoms with E-state index in [1.807, 2.05) is 4.72 Å². The van der Waals surface area contributed by atoms with Gasteiger partial charge >= 0.3 is 6.18 Å². The van der Waals surface area contributed by atoms with Crippen LogP contribution in [0.15, 0.2) is 53.4 Å². The number of hydrogen-bond donors (Lipinski definition) is 2. The predicted octanol–water partition coefficient (Wildman–Crippen LogP) is 3.15. The molecule has 0 radical (unpaired) electrons. The predicted molar refractivity (Wildman–Crippen MR) is 86.3 cm³/mol. The SMILES string of the molecule is C[C@H](NS(=O)(=O)c1ccc(F)cc1)C(=O)Nc1ccccc1C(F)(F)F. The van der Waals surface area contributed by atoms with Crippen molar-refractivity contribution in [2.24, 2.45) is 0 Å². The van der Waals surface area contributed by atoms with Gasteiger partial charge in [-0.2, -0.15) is 17.9 Å². The van der Waals surface area contributed by atoms with Gasteiger partial charge in [0.15, 0.2) is 0 Å². The summed E-state index contributed by atoms with van der Waals surface area (Å²) in [5, 5.41) is 2.05. The van der Waals surface area contributed by atoms with Gasteiger partial charge in [0.05, 0.1) is 22.2 Å². The number of amides is 1. The van der Waals surface area contributed by atoms with Gasteiger partial charge in [-0.1, -0.05) is 12.1 Å². The minimum Gasteiger partial charge on any atom is -0.324 e. The first kappa shape index (κ1) is 19.9. The molecular formula is C16H14F4N2O3S. The molecule has 0 unspecified atom stereocenters. The van der Waals surface area contributed by atoms with Crippen molar-refractivity contribution in [2.75, 3.05) is 5.32 Å². The van der Waals surface area contributed by atoms with Crippen LogP contribution in [0, 0.1) is 5.82 Å². The third-order valence-corrected chi connectivity index (χ3v) is 4.90. The molecule has 2 N–H and O–H groups in total. The molecule has 0 saturated heterocycles. The first-order chi connectivity index (χ1) is 12.0. The standard InChI is InChI=1S/C16H14F4N2O3S/c1-10(22-26(24,25)12-8-6-11(17)7-9-12)15(23)21-14-5-3-2-4-13(14)16(18,19)20/h2-10,22H,1H3,(H,21,23)/t10-/m0/s1. The number of alkyl halides is 3. The van der Waals surface area contributed by atoms with E-state index in [2.05, 4.69) is 5.32 Å². The Bertz CT molecular complexity index is 896. The highest BCUT2D eigenvalue weighted by molar-refractivity contribution is 7.89. The largest absolute Gasteiger partial charge is 0.418 e. The van der Waals surface area contributed by atoms with E-state index in [1.165, 1.54) is 19.1 Å². The lowest BCUT2D eigenvalue weighted by atomic mass is 10.1. The summed E-state index contributed by atoms with van der Waals surface area (Å²) in [6.07, 6.45) is -4.68. The maximum absolute atomic E-state index is 12.9. The molecule has 0 heterocycles. The molecule has 0 aliphatic rings. The van der Waals surface area contributed by atoms with Crippen molar-refractivity contribution in [3.63, 3.8) is 0 Å². The Morgan fingerprint density at radius 1 is 1.04 bits per heavy atom. The second-order valence-electron chi connectivity index (χ2n) is 5.33. The number of carbonyl (C=O) groups is 1. The molecule has 26 heavy (non-hydrogen) atoms. The second-order valence-corrected chi connectivity index (χ2v) is 7.04. The molecule has 2 rings (SSSR count). The van der Waals surface area contributed by atoms with Gasteiger partial charge in [0, 0.05) is 0 Å². The van der Waals surface area contributed by atoms with Crippen molar-refractivity contribution < 1.29 is 30.8 Å². The first-order valence-electron chi connectivity index (χ1n) is 7.26. The van der Waals surface area contributed by atoms with E-state index in [0.29, 0.717) is 0 Å². The Balaban J connectivity index is 2.15. The van der Waals surface area contributed by atoms with Crippen LogP contribution in [-0.2, 0) is 21.0 Å². The van der Waals surface area contributed by atoms with E-state index in [-0.39, 0.29) is 4.90 Å². The minimum absolute atomic E-state index is 0.283. The van der Waals surface area contributed by atoms with Crippen molar-refractivity contribution >= 4 is 21.6 Å². The average molecular weight is 390 g/mol. The number of para-hydroxylation sites is 1. The zero-order valence-electron chi connectivity index (χ0n) is 13.3. The Morgan fingerprint density at radius 3 is 2.19 bits per heavy atom. The van der Waals surface area contributed by atoms with Crippen LogP contribution in [0.3, 0.4) is 0 Å². The van der Waals surface area contributed by atoms with Crippen molar-refractivity contribution in [1.29, 1.82) is 0 Å². The van der Waals surface area contributed by atoms with Crippen molar-refractivity contribution in [3.8, 4) is 0 Å². The Labute approximate surface area is 147 Å². The maximum atomic E-state index is 12.9. The Kier molecular flexibility index (Phi) is 5.67. The number of rotatable bonds is 5. The van der Waals surface area contributed by atoms with Crippen LogP contribution in [0.5, 0.6) is 0 Å². The molecule has 140 valence electrons. The molecule has 0 saturated carbocycles. The fraction of sp³-hybridized carbons (Fsp3) is 0.188. The highest BCUT2D eigenvalue weighted by atomic mass is 32.2. The van der Waals surface area contributed by atoms with Crippen LogP contribution in [0.25, 0.3) is 0 Å². The summed E-state index contributed by atoms with van der Waals surface area (Å²) in [5.41, 5.74) is -1.54. The monoisotopic (exact) mass is 390 g/mol. The molecule has 2 aromatic rings. The molecule has 0 bridgehead atoms. The van der Waals surface area contributed by atoms with E-state index in [1.54, 1.807) is 0 Å². The van der Waals surface area contributed by atoms with Crippen molar-refractivity contribution in [3.05, 3.63) is 59.9 Å². The van der Waals surface area contributed by atoms with E-state index in [4.69, 9.17) is 0 Å². The average Bonchev–Trinajstić information content (AvgIpc) is 2.54. The summed E-state index contributed by atoms with van der Waals surface area (Å²) in [4.78, 5) is 11.8. The summed E-state index contributed by atoms with van der Waals surface area (Å²) >= 11 is 0. The first-order valence-corrected chi connectivity index (χ1v) is 8.74. The number of carbonyl (C=O) groups excluding carboxylic acids is 1. The highest BCUT2D eigenvalue weighted by Crippen LogP contribution is 2.34. The topological polar surface area (TPSA) is 75.3 Å². The lowest BCUT2D eigenvalue weighted by molar-refractivity contribution is -0.137. The Morgan fingerprint density at radius 2 is 1.62 bits per heavy atom. The molecule has 10 heteroatoms. The lowest BCUT2D eigenvalue weighted by Crippen LogP contribution is -2.41. The van der Waals surface area contributed by atoms with Gasteiger partial charge in [0.2, 0.25) is 15.9 Å². The summed E-state index contributed by atoms with van der Waals surface area (Å²) in [6.45, 7) is 1.17. The smallest absolute Gasteiger partial charge is 0.324 e. The number of anilines is 1. The van der Waals surface area contributed by atoms with Gasteiger partial charge in [-0.15, -0.1) is 0 Å². The van der Waals surface area contributed by atoms with Gasteiger partial charge in [-0.3, -0.25) is 4.79 Å². The molecule has 0 aliphatic carbocycles. The summed E-state index contributed by atoms with van der Waals surface area (Å²) in [6, 6.07) is 6.81. The fourth-order valence-corrected chi connectivity index (χ4v) is 3.25. The van der Waals surface area contributed by atoms with E-state index in [9.17, 15) is 30.8 Å². The molecule has 5 nitrogen and oxygen atoms in total. The molecule has 0 fully saturated rings. The molecule has 0 spiro atoms. The van der Waals surface area contributed by atoms with Crippen LogP contribution in [0.1, 0.15) is 12.5 Å². The van der Waals surface area contributed by atoms with Crippen LogP contribution in [0.4, 0.5) is 23.2 Å². The highest BCUT2D eigenvalue weighted by Gasteiger charge is 2.34. The number of benzene rings is 2. The number of sulfonamides is 1. The lowest BCUT2D eigenvalue weighted by Gasteiger charge is -2.17.